The van der Waals surface area contributed by atoms with E-state index in [1.165, 1.54) is 18.2 Å². The van der Waals surface area contributed by atoms with E-state index < -0.39 is 5.82 Å². The van der Waals surface area contributed by atoms with Gasteiger partial charge in [-0.15, -0.1) is 0 Å². The predicted octanol–water partition coefficient (Wildman–Crippen LogP) is 2.29. The first-order chi connectivity index (χ1) is 9.01. The summed E-state index contributed by atoms with van der Waals surface area (Å²) < 4.78 is 13.0. The minimum absolute atomic E-state index is 0.0141. The molecule has 2 rings (SSSR count). The van der Waals surface area contributed by atoms with Crippen LogP contribution in [0.25, 0.3) is 0 Å². The minimum Gasteiger partial charge on any atom is -0.342 e. The molecular formula is C13H14ClFN2O2. The molecule has 1 heterocycles. The van der Waals surface area contributed by atoms with Gasteiger partial charge in [0.25, 0.3) is 0 Å². The highest BCUT2D eigenvalue weighted by atomic mass is 35.5. The normalized spacial score (nSPS) is 18.8. The number of nitrogens with one attached hydrogen (secondary N) is 1. The Morgan fingerprint density at radius 1 is 1.58 bits per heavy atom. The largest absolute Gasteiger partial charge is 0.342 e. The summed E-state index contributed by atoms with van der Waals surface area (Å²) in [4.78, 5) is 25.2. The number of rotatable bonds is 3. The number of anilines is 1. The molecule has 6 heteroatoms. The van der Waals surface area contributed by atoms with Crippen molar-refractivity contribution in [1.29, 1.82) is 0 Å². The van der Waals surface area contributed by atoms with E-state index in [0.717, 1.165) is 0 Å². The molecular weight excluding hydrogens is 271 g/mol. The second kappa shape index (κ2) is 5.57. The molecule has 0 spiro atoms. The first-order valence-electron chi connectivity index (χ1n) is 6.05. The van der Waals surface area contributed by atoms with Crippen LogP contribution < -0.4 is 5.32 Å². The number of hydrogen-bond donors (Lipinski definition) is 1. The van der Waals surface area contributed by atoms with Gasteiger partial charge in [0.05, 0.1) is 10.9 Å². The molecule has 1 aliphatic heterocycles. The average molecular weight is 285 g/mol. The van der Waals surface area contributed by atoms with E-state index in [1.54, 1.807) is 4.90 Å². The van der Waals surface area contributed by atoms with Gasteiger partial charge in [-0.2, -0.15) is 0 Å². The molecule has 19 heavy (non-hydrogen) atoms. The molecule has 102 valence electrons. The zero-order valence-corrected chi connectivity index (χ0v) is 11.2. The number of hydrogen-bond acceptors (Lipinski definition) is 2. The molecule has 1 aliphatic rings. The second-order valence-electron chi connectivity index (χ2n) is 4.45. The van der Waals surface area contributed by atoms with Crippen LogP contribution in [0, 0.1) is 11.7 Å². The van der Waals surface area contributed by atoms with Crippen molar-refractivity contribution >= 4 is 29.1 Å². The number of carbonyl (C=O) groups is 2. The van der Waals surface area contributed by atoms with Crippen LogP contribution in [-0.4, -0.2) is 29.8 Å². The Hall–Kier alpha value is -1.62. The Kier molecular flexibility index (Phi) is 4.04. The Bertz CT molecular complexity index is 521. The first kappa shape index (κ1) is 13.8. The lowest BCUT2D eigenvalue weighted by atomic mass is 10.1. The summed E-state index contributed by atoms with van der Waals surface area (Å²) in [5.74, 6) is -1.16. The topological polar surface area (TPSA) is 49.4 Å². The number of halogens is 2. The van der Waals surface area contributed by atoms with E-state index in [-0.39, 0.29) is 29.2 Å². The van der Waals surface area contributed by atoms with E-state index in [2.05, 4.69) is 5.32 Å². The molecule has 1 N–H and O–H groups in total. The van der Waals surface area contributed by atoms with E-state index in [9.17, 15) is 14.0 Å². The van der Waals surface area contributed by atoms with Gasteiger partial charge in [0.2, 0.25) is 11.8 Å². The summed E-state index contributed by atoms with van der Waals surface area (Å²) in [5.41, 5.74) is 0.429. The SMILES string of the molecule is CCN1CC(C(=O)Nc2ccc(F)c(Cl)c2)CC1=O. The summed E-state index contributed by atoms with van der Waals surface area (Å²) in [7, 11) is 0. The fraction of sp³-hybridized carbons (Fsp3) is 0.385. The highest BCUT2D eigenvalue weighted by molar-refractivity contribution is 6.31. The summed E-state index contributed by atoms with van der Waals surface area (Å²) >= 11 is 5.64. The summed E-state index contributed by atoms with van der Waals surface area (Å²) in [6, 6.07) is 3.98. The van der Waals surface area contributed by atoms with Crippen LogP contribution in [0.2, 0.25) is 5.02 Å². The third kappa shape index (κ3) is 3.04. The van der Waals surface area contributed by atoms with Crippen molar-refractivity contribution < 1.29 is 14.0 Å². The van der Waals surface area contributed by atoms with Gasteiger partial charge < -0.3 is 10.2 Å². The minimum atomic E-state index is -0.534. The molecule has 1 aromatic carbocycles. The van der Waals surface area contributed by atoms with E-state index in [0.29, 0.717) is 18.8 Å². The second-order valence-corrected chi connectivity index (χ2v) is 4.86. The fourth-order valence-electron chi connectivity index (χ4n) is 2.07. The molecule has 1 fully saturated rings. The molecule has 0 aromatic heterocycles. The van der Waals surface area contributed by atoms with Gasteiger partial charge in [-0.1, -0.05) is 11.6 Å². The van der Waals surface area contributed by atoms with Crippen LogP contribution in [0.4, 0.5) is 10.1 Å². The molecule has 4 nitrogen and oxygen atoms in total. The number of amides is 2. The van der Waals surface area contributed by atoms with Crippen LogP contribution >= 0.6 is 11.6 Å². The van der Waals surface area contributed by atoms with Gasteiger partial charge in [-0.3, -0.25) is 9.59 Å². The van der Waals surface area contributed by atoms with Crippen molar-refractivity contribution in [2.45, 2.75) is 13.3 Å². The maximum Gasteiger partial charge on any atom is 0.229 e. The van der Waals surface area contributed by atoms with Crippen molar-refractivity contribution in [3.63, 3.8) is 0 Å². The number of carbonyl (C=O) groups excluding carboxylic acids is 2. The number of likely N-dealkylation sites (tertiary alicyclic amines) is 1. The van der Waals surface area contributed by atoms with Crippen LogP contribution in [-0.2, 0) is 9.59 Å². The van der Waals surface area contributed by atoms with E-state index in [1.807, 2.05) is 6.92 Å². The Labute approximate surface area is 115 Å². The molecule has 1 aromatic rings. The van der Waals surface area contributed by atoms with Crippen LogP contribution in [0.3, 0.4) is 0 Å². The molecule has 0 aliphatic carbocycles. The van der Waals surface area contributed by atoms with Gasteiger partial charge >= 0.3 is 0 Å². The summed E-state index contributed by atoms with van der Waals surface area (Å²) in [6.07, 6.45) is 0.217. The van der Waals surface area contributed by atoms with Gasteiger partial charge in [-0.25, -0.2) is 4.39 Å². The zero-order valence-electron chi connectivity index (χ0n) is 10.5. The van der Waals surface area contributed by atoms with E-state index in [4.69, 9.17) is 11.6 Å². The molecule has 2 amide bonds. The van der Waals surface area contributed by atoms with Gasteiger partial charge in [0, 0.05) is 25.2 Å². The van der Waals surface area contributed by atoms with Crippen molar-refractivity contribution in [2.75, 3.05) is 18.4 Å². The lowest BCUT2D eigenvalue weighted by molar-refractivity contribution is -0.128. The molecule has 1 unspecified atom stereocenters. The highest BCUT2D eigenvalue weighted by Gasteiger charge is 2.33. The standard InChI is InChI=1S/C13H14ClFN2O2/c1-2-17-7-8(5-12(17)18)13(19)16-9-3-4-11(15)10(14)6-9/h3-4,6,8H,2,5,7H2,1H3,(H,16,19). The summed E-state index contributed by atoms with van der Waals surface area (Å²) in [5, 5.41) is 2.60. The summed E-state index contributed by atoms with van der Waals surface area (Å²) in [6.45, 7) is 2.90. The maximum absolute atomic E-state index is 13.0. The molecule has 0 radical (unpaired) electrons. The Balaban J connectivity index is 2.02. The lowest BCUT2D eigenvalue weighted by Crippen LogP contribution is -2.28. The highest BCUT2D eigenvalue weighted by Crippen LogP contribution is 2.22. The molecule has 1 atom stereocenters. The van der Waals surface area contributed by atoms with E-state index >= 15 is 0 Å². The molecule has 0 saturated carbocycles. The van der Waals surface area contributed by atoms with Crippen molar-refractivity contribution in [1.82, 2.24) is 4.90 Å². The quantitative estimate of drug-likeness (QED) is 0.926. The predicted molar refractivity (Wildman–Crippen MR) is 70.4 cm³/mol. The zero-order chi connectivity index (χ0) is 14.0. The van der Waals surface area contributed by atoms with Crippen molar-refractivity contribution in [3.05, 3.63) is 29.0 Å². The average Bonchev–Trinajstić information content (AvgIpc) is 2.75. The van der Waals surface area contributed by atoms with Crippen LogP contribution in [0.5, 0.6) is 0 Å². The number of nitrogens with zero attached hydrogens (tertiary/aromatic N) is 1. The molecule has 1 saturated heterocycles. The monoisotopic (exact) mass is 284 g/mol. The van der Waals surface area contributed by atoms with Crippen LogP contribution in [0.15, 0.2) is 18.2 Å². The van der Waals surface area contributed by atoms with Gasteiger partial charge in [-0.05, 0) is 25.1 Å². The maximum atomic E-state index is 13.0. The molecule has 0 bridgehead atoms. The fourth-order valence-corrected chi connectivity index (χ4v) is 2.25. The van der Waals surface area contributed by atoms with Crippen molar-refractivity contribution in [2.24, 2.45) is 5.92 Å². The number of benzene rings is 1. The van der Waals surface area contributed by atoms with Gasteiger partial charge in [0.1, 0.15) is 5.82 Å². The first-order valence-corrected chi connectivity index (χ1v) is 6.42. The smallest absolute Gasteiger partial charge is 0.229 e. The van der Waals surface area contributed by atoms with Gasteiger partial charge in [0.15, 0.2) is 0 Å². The Morgan fingerprint density at radius 3 is 2.89 bits per heavy atom. The van der Waals surface area contributed by atoms with Crippen LogP contribution in [0.1, 0.15) is 13.3 Å². The third-order valence-electron chi connectivity index (χ3n) is 3.15. The Morgan fingerprint density at radius 2 is 2.32 bits per heavy atom. The van der Waals surface area contributed by atoms with Crippen molar-refractivity contribution in [3.8, 4) is 0 Å². The third-order valence-corrected chi connectivity index (χ3v) is 3.44. The lowest BCUT2D eigenvalue weighted by Gasteiger charge is -2.13.